The monoisotopic (exact) mass is 465 g/mol. The number of nitrogens with zero attached hydrogens (tertiary/aromatic N) is 2. The number of nitrogens with one attached hydrogen (secondary N) is 1. The highest BCUT2D eigenvalue weighted by molar-refractivity contribution is 5.96. The fourth-order valence-corrected chi connectivity index (χ4v) is 3.31. The Morgan fingerprint density at radius 2 is 1.68 bits per heavy atom. The summed E-state index contributed by atoms with van der Waals surface area (Å²) in [6.07, 6.45) is -0.750. The molecule has 34 heavy (non-hydrogen) atoms. The lowest BCUT2D eigenvalue weighted by molar-refractivity contribution is -0.155. The van der Waals surface area contributed by atoms with E-state index < -0.39 is 30.1 Å². The molecule has 0 aliphatic carbocycles. The van der Waals surface area contributed by atoms with E-state index in [0.717, 1.165) is 0 Å². The molecule has 178 valence electrons. The van der Waals surface area contributed by atoms with Crippen LogP contribution in [0.25, 0.3) is 5.69 Å². The largest absolute Gasteiger partial charge is 0.482 e. The molecule has 9 nitrogen and oxygen atoms in total. The van der Waals surface area contributed by atoms with Gasteiger partial charge in [0.1, 0.15) is 11.4 Å². The van der Waals surface area contributed by atoms with Crippen LogP contribution in [0.15, 0.2) is 59.4 Å². The number of amides is 1. The highest BCUT2D eigenvalue weighted by Crippen LogP contribution is 2.15. The molecule has 1 heterocycles. The number of para-hydroxylation sites is 1. The number of aromatic nitrogens is 2. The summed E-state index contributed by atoms with van der Waals surface area (Å²) in [5.41, 5.74) is 1.48. The summed E-state index contributed by atoms with van der Waals surface area (Å²) < 4.78 is 13.6. The predicted octanol–water partition coefficient (Wildman–Crippen LogP) is 3.03. The Morgan fingerprint density at radius 3 is 2.29 bits per heavy atom. The summed E-state index contributed by atoms with van der Waals surface area (Å²) in [7, 11) is 1.71. The lowest BCUT2D eigenvalue weighted by atomic mass is 10.1. The molecule has 1 atom stereocenters. The maximum Gasteiger partial charge on any atom is 0.344 e. The zero-order valence-corrected chi connectivity index (χ0v) is 19.5. The van der Waals surface area contributed by atoms with E-state index in [1.54, 1.807) is 62.0 Å². The van der Waals surface area contributed by atoms with Gasteiger partial charge in [0, 0.05) is 19.0 Å². The van der Waals surface area contributed by atoms with Gasteiger partial charge in [0.15, 0.2) is 18.5 Å². The third-order valence-corrected chi connectivity index (χ3v) is 5.33. The smallest absolute Gasteiger partial charge is 0.344 e. The van der Waals surface area contributed by atoms with Crippen molar-refractivity contribution < 1.29 is 23.9 Å². The van der Waals surface area contributed by atoms with Gasteiger partial charge in [-0.05, 0) is 50.2 Å². The molecule has 1 unspecified atom stereocenters. The van der Waals surface area contributed by atoms with Gasteiger partial charge in [0.25, 0.3) is 11.5 Å². The minimum Gasteiger partial charge on any atom is -0.482 e. The van der Waals surface area contributed by atoms with E-state index in [2.05, 4.69) is 5.32 Å². The van der Waals surface area contributed by atoms with Gasteiger partial charge >= 0.3 is 5.97 Å². The Bertz CT molecular complexity index is 1240. The summed E-state index contributed by atoms with van der Waals surface area (Å²) in [6, 6.07) is 15.4. The first-order valence-electron chi connectivity index (χ1n) is 10.8. The summed E-state index contributed by atoms with van der Waals surface area (Å²) in [5, 5.41) is 2.57. The molecule has 3 aromatic rings. The number of esters is 1. The maximum absolute atomic E-state index is 12.9. The van der Waals surface area contributed by atoms with E-state index in [9.17, 15) is 19.2 Å². The average molecular weight is 466 g/mol. The van der Waals surface area contributed by atoms with Crippen molar-refractivity contribution in [1.29, 1.82) is 0 Å². The number of carbonyl (C=O) groups excluding carboxylic acids is 3. The number of rotatable bonds is 9. The molecular weight excluding hydrogens is 438 g/mol. The van der Waals surface area contributed by atoms with Crippen LogP contribution >= 0.6 is 0 Å². The van der Waals surface area contributed by atoms with E-state index in [-0.39, 0.29) is 11.5 Å². The molecular formula is C25H27N3O6. The quantitative estimate of drug-likeness (QED) is 0.384. The Labute approximate surface area is 196 Å². The third kappa shape index (κ3) is 5.43. The SMILES string of the molecule is CCC(=O)c1ccc(OCC(=O)OC(C)C(=O)Nc2c(C)n(C)n(-c3ccccc3)c2=O)cc1. The Balaban J connectivity index is 1.59. The van der Waals surface area contributed by atoms with Crippen molar-refractivity contribution in [2.45, 2.75) is 33.3 Å². The summed E-state index contributed by atoms with van der Waals surface area (Å²) in [5.74, 6) is -0.984. The van der Waals surface area contributed by atoms with Gasteiger partial charge in [-0.15, -0.1) is 0 Å². The van der Waals surface area contributed by atoms with Gasteiger partial charge in [-0.3, -0.25) is 19.1 Å². The number of hydrogen-bond donors (Lipinski definition) is 1. The molecule has 0 spiro atoms. The number of carbonyl (C=O) groups is 3. The van der Waals surface area contributed by atoms with Crippen LogP contribution < -0.4 is 15.6 Å². The standard InChI is InChI=1S/C25H27N3O6/c1-5-21(29)18-11-13-20(14-12-18)33-15-22(30)34-17(3)24(31)26-23-16(2)27(4)28(25(23)32)19-9-7-6-8-10-19/h6-14,17H,5,15H2,1-4H3,(H,26,31). The molecule has 0 fully saturated rings. The lowest BCUT2D eigenvalue weighted by Crippen LogP contribution is -2.33. The first kappa shape index (κ1) is 24.5. The summed E-state index contributed by atoms with van der Waals surface area (Å²) in [4.78, 5) is 49.3. The third-order valence-electron chi connectivity index (χ3n) is 5.33. The van der Waals surface area contributed by atoms with E-state index >= 15 is 0 Å². The molecule has 0 saturated carbocycles. The molecule has 0 aliphatic heterocycles. The van der Waals surface area contributed by atoms with E-state index in [1.807, 2.05) is 18.2 Å². The zero-order valence-electron chi connectivity index (χ0n) is 19.5. The van der Waals surface area contributed by atoms with Crippen molar-refractivity contribution >= 4 is 23.3 Å². The second-order valence-corrected chi connectivity index (χ2v) is 7.65. The molecule has 9 heteroatoms. The first-order valence-corrected chi connectivity index (χ1v) is 10.8. The van der Waals surface area contributed by atoms with Gasteiger partial charge in [-0.25, -0.2) is 9.48 Å². The van der Waals surface area contributed by atoms with Crippen LogP contribution in [0.1, 0.15) is 36.3 Å². The van der Waals surface area contributed by atoms with Crippen molar-refractivity contribution in [3.05, 3.63) is 76.2 Å². The first-order chi connectivity index (χ1) is 16.2. The van der Waals surface area contributed by atoms with Crippen molar-refractivity contribution in [3.63, 3.8) is 0 Å². The Kier molecular flexibility index (Phi) is 7.68. The summed E-state index contributed by atoms with van der Waals surface area (Å²) >= 11 is 0. The topological polar surface area (TPSA) is 109 Å². The van der Waals surface area contributed by atoms with E-state index in [1.165, 1.54) is 11.6 Å². The number of hydrogen-bond acceptors (Lipinski definition) is 6. The van der Waals surface area contributed by atoms with Gasteiger partial charge in [-0.2, -0.15) is 0 Å². The number of anilines is 1. The highest BCUT2D eigenvalue weighted by atomic mass is 16.6. The summed E-state index contributed by atoms with van der Waals surface area (Å²) in [6.45, 7) is 4.48. The normalized spacial score (nSPS) is 11.5. The zero-order chi connectivity index (χ0) is 24.8. The molecule has 1 amide bonds. The highest BCUT2D eigenvalue weighted by Gasteiger charge is 2.23. The molecule has 0 bridgehead atoms. The van der Waals surface area contributed by atoms with Crippen molar-refractivity contribution in [2.75, 3.05) is 11.9 Å². The van der Waals surface area contributed by atoms with Gasteiger partial charge in [0.2, 0.25) is 0 Å². The Hall–Kier alpha value is -4.14. The van der Waals surface area contributed by atoms with Crippen molar-refractivity contribution in [2.24, 2.45) is 7.05 Å². The molecule has 2 aromatic carbocycles. The number of Topliss-reactive ketones (excluding diaryl/α,β-unsaturated/α-hetero) is 1. The molecule has 1 N–H and O–H groups in total. The minimum atomic E-state index is -1.15. The molecule has 0 aliphatic rings. The van der Waals surface area contributed by atoms with Crippen molar-refractivity contribution in [1.82, 2.24) is 9.36 Å². The van der Waals surface area contributed by atoms with Crippen LogP contribution in [0.2, 0.25) is 0 Å². The van der Waals surface area contributed by atoms with Gasteiger partial charge < -0.3 is 14.8 Å². The number of benzene rings is 2. The molecule has 0 saturated heterocycles. The van der Waals surface area contributed by atoms with Crippen molar-refractivity contribution in [3.8, 4) is 11.4 Å². The average Bonchev–Trinajstić information content (AvgIpc) is 3.05. The van der Waals surface area contributed by atoms with Crippen LogP contribution in [0, 0.1) is 6.92 Å². The fourth-order valence-electron chi connectivity index (χ4n) is 3.31. The number of ether oxygens (including phenoxy) is 2. The van der Waals surface area contributed by atoms with Crippen LogP contribution in [0.5, 0.6) is 5.75 Å². The Morgan fingerprint density at radius 1 is 1.03 bits per heavy atom. The molecule has 0 radical (unpaired) electrons. The van der Waals surface area contributed by atoms with Gasteiger partial charge in [0.05, 0.1) is 11.4 Å². The predicted molar refractivity (Wildman–Crippen MR) is 126 cm³/mol. The lowest BCUT2D eigenvalue weighted by Gasteiger charge is -2.13. The number of ketones is 1. The minimum absolute atomic E-state index is 0.00924. The molecule has 3 rings (SSSR count). The van der Waals surface area contributed by atoms with E-state index in [0.29, 0.717) is 29.1 Å². The second kappa shape index (κ2) is 10.7. The molecule has 1 aromatic heterocycles. The van der Waals surface area contributed by atoms with Crippen LogP contribution in [-0.2, 0) is 21.4 Å². The van der Waals surface area contributed by atoms with Crippen LogP contribution in [0.4, 0.5) is 5.69 Å². The van der Waals surface area contributed by atoms with Crippen LogP contribution in [0.3, 0.4) is 0 Å². The fraction of sp³-hybridized carbons (Fsp3) is 0.280. The van der Waals surface area contributed by atoms with E-state index in [4.69, 9.17) is 9.47 Å². The van der Waals surface area contributed by atoms with Crippen LogP contribution in [-0.4, -0.2) is 39.7 Å². The maximum atomic E-state index is 12.9. The van der Waals surface area contributed by atoms with Gasteiger partial charge in [-0.1, -0.05) is 25.1 Å². The second-order valence-electron chi connectivity index (χ2n) is 7.65.